The number of methoxy groups -OCH3 is 1. The number of ether oxygens (including phenoxy) is 1. The molecule has 0 bridgehead atoms. The second-order valence-corrected chi connectivity index (χ2v) is 15.7. The van der Waals surface area contributed by atoms with Gasteiger partial charge in [0, 0.05) is 10.8 Å². The van der Waals surface area contributed by atoms with Gasteiger partial charge in [0.25, 0.3) is 11.9 Å². The Morgan fingerprint density at radius 2 is 1.08 bits per heavy atom. The van der Waals surface area contributed by atoms with Crippen molar-refractivity contribution < 1.29 is 19.4 Å². The molecule has 0 spiro atoms. The van der Waals surface area contributed by atoms with Crippen LogP contribution in [0.25, 0.3) is 23.3 Å². The highest BCUT2D eigenvalue weighted by atomic mass is 16.5. The van der Waals surface area contributed by atoms with Crippen LogP contribution in [-0.2, 0) is 10.8 Å². The molecule has 61 heavy (non-hydrogen) atoms. The molecule has 0 fully saturated rings. The fourth-order valence-electron chi connectivity index (χ4n) is 6.09. The summed E-state index contributed by atoms with van der Waals surface area (Å²) in [6, 6.07) is 18.1. The van der Waals surface area contributed by atoms with Crippen molar-refractivity contribution in [3.63, 3.8) is 0 Å². The van der Waals surface area contributed by atoms with Crippen LogP contribution in [0.5, 0.6) is 6.01 Å². The molecule has 0 saturated heterocycles. The normalized spacial score (nSPS) is 12.2. The first-order valence-electron chi connectivity index (χ1n) is 18.9. The molecule has 0 unspecified atom stereocenters. The third kappa shape index (κ3) is 8.00. The highest BCUT2D eigenvalue weighted by Crippen LogP contribution is 2.40. The molecule has 7 aromatic rings. The van der Waals surface area contributed by atoms with Gasteiger partial charge in [-0.25, -0.2) is 9.36 Å². The average Bonchev–Trinajstić information content (AvgIpc) is 4.02. The van der Waals surface area contributed by atoms with E-state index in [1.807, 2.05) is 90.1 Å². The molecule has 5 aromatic heterocycles. The number of hydrogen-bond acceptors (Lipinski definition) is 17. The molecule has 0 atom stereocenters. The van der Waals surface area contributed by atoms with Crippen molar-refractivity contribution >= 4 is 46.2 Å². The van der Waals surface area contributed by atoms with Crippen LogP contribution >= 0.6 is 0 Å². The molecular formula is C40H43N17O4. The van der Waals surface area contributed by atoms with Gasteiger partial charge in [-0.05, 0) is 31.2 Å². The molecule has 0 aliphatic carbocycles. The van der Waals surface area contributed by atoms with Crippen LogP contribution < -0.4 is 16.2 Å². The second-order valence-electron chi connectivity index (χ2n) is 15.7. The zero-order valence-corrected chi connectivity index (χ0v) is 34.7. The van der Waals surface area contributed by atoms with Gasteiger partial charge in [-0.1, -0.05) is 77.9 Å². The number of hydrogen-bond donors (Lipinski definition) is 3. The third-order valence-electron chi connectivity index (χ3n) is 9.17. The number of ketones is 2. The number of azo groups is 2. The fraction of sp³-hybridized carbons (Fsp3) is 0.275. The van der Waals surface area contributed by atoms with Crippen molar-refractivity contribution in [3.8, 4) is 29.3 Å². The van der Waals surface area contributed by atoms with Crippen LogP contribution in [0.2, 0.25) is 0 Å². The molecule has 0 saturated carbocycles. The number of aromatic nitrogens is 11. The molecule has 0 aliphatic rings. The number of carbonyl (C=O) groups is 2. The Morgan fingerprint density at radius 1 is 0.656 bits per heavy atom. The Bertz CT molecular complexity index is 2820. The van der Waals surface area contributed by atoms with Crippen LogP contribution in [0.4, 0.5) is 34.6 Å². The zero-order chi connectivity index (χ0) is 43.8. The number of aliphatic hydroxyl groups is 1. The van der Waals surface area contributed by atoms with Gasteiger partial charge in [0.15, 0.2) is 46.2 Å². The van der Waals surface area contributed by atoms with Gasteiger partial charge in [0.05, 0.1) is 53.4 Å². The van der Waals surface area contributed by atoms with Gasteiger partial charge in [0.1, 0.15) is 6.61 Å². The SMILES string of the molecule is COc1nc(-n2nc(C(C)(C)C)c(/N=N/c3c(C(C)=O)cnn3-c3ccccc3)c2N)nc(-n2nc(C(C)(C)C)c(/N=N/c3c(C(=O)CO)cnn3-c3ccccc3)c2N)n1. The van der Waals surface area contributed by atoms with Crippen molar-refractivity contribution in [2.45, 2.75) is 59.3 Å². The Hall–Kier alpha value is -7.81. The van der Waals surface area contributed by atoms with Gasteiger partial charge >= 0.3 is 6.01 Å². The Kier molecular flexibility index (Phi) is 10.9. The summed E-state index contributed by atoms with van der Waals surface area (Å²) in [5.41, 5.74) is 15.1. The van der Waals surface area contributed by atoms with E-state index in [1.54, 1.807) is 12.1 Å². The van der Waals surface area contributed by atoms with E-state index in [-0.39, 0.29) is 69.5 Å². The van der Waals surface area contributed by atoms with Gasteiger partial charge in [-0.2, -0.15) is 44.7 Å². The lowest BCUT2D eigenvalue weighted by atomic mass is 9.91. The van der Waals surface area contributed by atoms with Crippen LogP contribution in [0, 0.1) is 0 Å². The molecule has 312 valence electrons. The van der Waals surface area contributed by atoms with E-state index in [0.29, 0.717) is 22.8 Å². The topological polar surface area (TPSA) is 275 Å². The van der Waals surface area contributed by atoms with E-state index < -0.39 is 23.2 Å². The number of rotatable bonds is 12. The zero-order valence-electron chi connectivity index (χ0n) is 34.7. The molecule has 7 rings (SSSR count). The first-order chi connectivity index (χ1) is 29.0. The van der Waals surface area contributed by atoms with Crippen LogP contribution in [-0.4, -0.2) is 84.5 Å². The Morgan fingerprint density at radius 3 is 1.48 bits per heavy atom. The fourth-order valence-corrected chi connectivity index (χ4v) is 6.09. The van der Waals surface area contributed by atoms with E-state index >= 15 is 0 Å². The first-order valence-corrected chi connectivity index (χ1v) is 18.9. The number of carbonyl (C=O) groups excluding carboxylic acids is 2. The van der Waals surface area contributed by atoms with Crippen LogP contribution in [0.15, 0.2) is 93.5 Å². The summed E-state index contributed by atoms with van der Waals surface area (Å²) in [6.45, 7) is 12.2. The van der Waals surface area contributed by atoms with E-state index in [0.717, 1.165) is 0 Å². The summed E-state index contributed by atoms with van der Waals surface area (Å²) < 4.78 is 11.0. The minimum Gasteiger partial charge on any atom is -0.467 e. The summed E-state index contributed by atoms with van der Waals surface area (Å²) in [6.07, 6.45) is 2.76. The van der Waals surface area contributed by atoms with Crippen LogP contribution in [0.1, 0.15) is 80.6 Å². The predicted octanol–water partition coefficient (Wildman–Crippen LogP) is 6.59. The van der Waals surface area contributed by atoms with E-state index in [1.165, 1.54) is 45.2 Å². The number of nitrogens with zero attached hydrogens (tertiary/aromatic N) is 15. The largest absolute Gasteiger partial charge is 0.467 e. The van der Waals surface area contributed by atoms with Crippen molar-refractivity contribution in [2.75, 3.05) is 25.2 Å². The summed E-state index contributed by atoms with van der Waals surface area (Å²) in [7, 11) is 1.38. The monoisotopic (exact) mass is 825 g/mol. The summed E-state index contributed by atoms with van der Waals surface area (Å²) in [5.74, 6) is -0.722. The standard InChI is InChI=1S/C40H43N17O4/c1-22(59)25-19-43-54(23-15-11-9-12-16-23)34(25)50-48-28-30(39(2,3)4)52-56(32(28)41)36-45-37(47-38(46-36)61-8)57-33(42)29(31(53-57)40(5,6)7)49-51-35-26(27(60)21-58)20-44-55(35)24-17-13-10-14-18-24/h9-20,58H,21,41-42H2,1-8H3/b50-48+,51-49+. The number of nitrogen functional groups attached to an aromatic ring is 2. The highest BCUT2D eigenvalue weighted by Gasteiger charge is 2.31. The van der Waals surface area contributed by atoms with Crippen LogP contribution in [0.3, 0.4) is 0 Å². The Balaban J connectivity index is 1.35. The number of para-hydroxylation sites is 2. The number of aliphatic hydroxyl groups excluding tert-OH is 1. The predicted molar refractivity (Wildman–Crippen MR) is 224 cm³/mol. The molecule has 21 nitrogen and oxygen atoms in total. The number of anilines is 2. The molecule has 0 aliphatic heterocycles. The molecule has 0 radical (unpaired) electrons. The van der Waals surface area contributed by atoms with Gasteiger partial charge < -0.3 is 21.3 Å². The van der Waals surface area contributed by atoms with E-state index in [9.17, 15) is 14.7 Å². The quantitative estimate of drug-likeness (QED) is 0.0867. The minimum atomic E-state index is -0.761. The second kappa shape index (κ2) is 16.1. The molecule has 5 heterocycles. The maximum absolute atomic E-state index is 12.8. The Labute approximate surface area is 348 Å². The van der Waals surface area contributed by atoms with Crippen molar-refractivity contribution in [1.29, 1.82) is 0 Å². The first kappa shape index (κ1) is 41.4. The number of Topliss-reactive ketones (excluding diaryl/α,β-unsaturated/α-hetero) is 2. The van der Waals surface area contributed by atoms with E-state index in [2.05, 4.69) is 45.6 Å². The third-order valence-corrected chi connectivity index (χ3v) is 9.17. The number of benzene rings is 2. The maximum atomic E-state index is 12.8. The summed E-state index contributed by atoms with van der Waals surface area (Å²) >= 11 is 0. The minimum absolute atomic E-state index is 0.0108. The van der Waals surface area contributed by atoms with E-state index in [4.69, 9.17) is 26.4 Å². The van der Waals surface area contributed by atoms with Crippen molar-refractivity contribution in [3.05, 3.63) is 95.6 Å². The van der Waals surface area contributed by atoms with Gasteiger partial charge in [0.2, 0.25) is 0 Å². The maximum Gasteiger partial charge on any atom is 0.322 e. The molecule has 0 amide bonds. The summed E-state index contributed by atoms with van der Waals surface area (Å²) in [4.78, 5) is 39.0. The summed E-state index contributed by atoms with van der Waals surface area (Å²) in [5, 5.41) is 46.1. The average molecular weight is 826 g/mol. The lowest BCUT2D eigenvalue weighted by Gasteiger charge is -2.15. The number of nitrogens with two attached hydrogens (primary N) is 2. The van der Waals surface area contributed by atoms with Crippen molar-refractivity contribution in [1.82, 2.24) is 54.1 Å². The van der Waals surface area contributed by atoms with Gasteiger partial charge in [-0.3, -0.25) is 9.59 Å². The van der Waals surface area contributed by atoms with Crippen molar-refractivity contribution in [2.24, 2.45) is 20.5 Å². The smallest absolute Gasteiger partial charge is 0.322 e. The molecule has 2 aromatic carbocycles. The molecule has 21 heteroatoms. The molecule has 5 N–H and O–H groups in total. The lowest BCUT2D eigenvalue weighted by molar-refractivity contribution is 0.0904. The lowest BCUT2D eigenvalue weighted by Crippen LogP contribution is -2.16. The highest BCUT2D eigenvalue weighted by molar-refractivity contribution is 6.00. The van der Waals surface area contributed by atoms with Gasteiger partial charge in [-0.15, -0.1) is 20.5 Å². The molecular weight excluding hydrogens is 783 g/mol.